The van der Waals surface area contributed by atoms with E-state index in [-0.39, 0.29) is 23.5 Å². The summed E-state index contributed by atoms with van der Waals surface area (Å²) < 4.78 is 7.52. The SMILES string of the molecule is Cc1cc(C)c(-c2nc(COC34CC5CC(CC(C5)C3)C4)c(C(=O)Nc3cccc(C(=O)O)c3)n2O)c(C)c1. The molecular weight excluding hydrogens is 494 g/mol. The summed E-state index contributed by atoms with van der Waals surface area (Å²) >= 11 is 0. The van der Waals surface area contributed by atoms with Gasteiger partial charge in [0.2, 0.25) is 0 Å². The van der Waals surface area contributed by atoms with E-state index in [0.717, 1.165) is 46.2 Å². The molecule has 0 unspecified atom stereocenters. The number of aromatic carboxylic acids is 1. The van der Waals surface area contributed by atoms with Crippen molar-refractivity contribution in [1.82, 2.24) is 9.71 Å². The fraction of sp³-hybridized carbons (Fsp3) is 0.452. The number of carbonyl (C=O) groups is 2. The van der Waals surface area contributed by atoms with Crippen LogP contribution in [0.2, 0.25) is 0 Å². The molecule has 4 bridgehead atoms. The highest BCUT2D eigenvalue weighted by atomic mass is 16.5. The van der Waals surface area contributed by atoms with Crippen LogP contribution in [0.5, 0.6) is 0 Å². The molecule has 0 radical (unpaired) electrons. The van der Waals surface area contributed by atoms with E-state index in [0.29, 0.717) is 35.0 Å². The fourth-order valence-electron chi connectivity index (χ4n) is 7.83. The fourth-order valence-corrected chi connectivity index (χ4v) is 7.83. The number of hydrogen-bond donors (Lipinski definition) is 3. The van der Waals surface area contributed by atoms with Crippen LogP contribution in [0.1, 0.15) is 81.8 Å². The first kappa shape index (κ1) is 25.6. The van der Waals surface area contributed by atoms with Gasteiger partial charge in [0.05, 0.1) is 17.8 Å². The normalized spacial score (nSPS) is 25.2. The molecular formula is C31H35N3O5. The highest BCUT2D eigenvalue weighted by molar-refractivity contribution is 6.05. The number of aromatic nitrogens is 2. The van der Waals surface area contributed by atoms with Gasteiger partial charge >= 0.3 is 5.97 Å². The largest absolute Gasteiger partial charge is 0.478 e. The molecule has 0 saturated heterocycles. The van der Waals surface area contributed by atoms with Crippen LogP contribution in [0.15, 0.2) is 36.4 Å². The summed E-state index contributed by atoms with van der Waals surface area (Å²) in [6, 6.07) is 10.1. The minimum atomic E-state index is -1.09. The molecule has 4 aliphatic carbocycles. The molecule has 0 aliphatic heterocycles. The van der Waals surface area contributed by atoms with Crippen molar-refractivity contribution in [3.05, 3.63) is 70.0 Å². The van der Waals surface area contributed by atoms with Gasteiger partial charge in [-0.2, -0.15) is 4.73 Å². The standard InChI is InChI=1S/C31H35N3O5/c1-17-7-18(2)26(19(3)8-17)28-33-25(16-39-31-13-20-9-21(14-31)11-22(10-20)15-31)27(34(28)38)29(35)32-24-6-4-5-23(12-24)30(36)37/h4-8,12,20-22,38H,9-11,13-16H2,1-3H3,(H,32,35)(H,36,37). The first-order valence-electron chi connectivity index (χ1n) is 13.8. The lowest BCUT2D eigenvalue weighted by atomic mass is 9.54. The lowest BCUT2D eigenvalue weighted by molar-refractivity contribution is -0.169. The third-order valence-electron chi connectivity index (χ3n) is 8.91. The number of carbonyl (C=O) groups excluding carboxylic acids is 1. The summed E-state index contributed by atoms with van der Waals surface area (Å²) in [6.45, 7) is 6.07. The zero-order valence-electron chi connectivity index (χ0n) is 22.7. The smallest absolute Gasteiger partial charge is 0.335 e. The van der Waals surface area contributed by atoms with Gasteiger partial charge in [0, 0.05) is 11.3 Å². The highest BCUT2D eigenvalue weighted by Crippen LogP contribution is 2.57. The second-order valence-corrected chi connectivity index (χ2v) is 12.0. The Morgan fingerprint density at radius 1 is 1.03 bits per heavy atom. The van der Waals surface area contributed by atoms with Crippen LogP contribution in [0.4, 0.5) is 5.69 Å². The van der Waals surface area contributed by atoms with E-state index < -0.39 is 11.9 Å². The number of rotatable bonds is 7. The summed E-state index contributed by atoms with van der Waals surface area (Å²) in [5.41, 5.74) is 4.32. The number of carboxylic acid groups (broad SMARTS) is 1. The molecule has 4 fully saturated rings. The number of amides is 1. The van der Waals surface area contributed by atoms with E-state index in [1.807, 2.05) is 32.9 Å². The van der Waals surface area contributed by atoms with Crippen molar-refractivity contribution in [2.45, 2.75) is 71.5 Å². The first-order chi connectivity index (χ1) is 18.6. The summed E-state index contributed by atoms with van der Waals surface area (Å²) in [5.74, 6) is 0.762. The second kappa shape index (κ2) is 9.52. The van der Waals surface area contributed by atoms with E-state index in [1.165, 1.54) is 31.4 Å². The number of hydrogen-bond acceptors (Lipinski definition) is 5. The first-order valence-corrected chi connectivity index (χ1v) is 13.8. The summed E-state index contributed by atoms with van der Waals surface area (Å²) in [4.78, 5) is 29.8. The van der Waals surface area contributed by atoms with Crippen molar-refractivity contribution in [2.75, 3.05) is 5.32 Å². The molecule has 39 heavy (non-hydrogen) atoms. The molecule has 3 N–H and O–H groups in total. The molecule has 3 aromatic rings. The summed E-state index contributed by atoms with van der Waals surface area (Å²) in [6.07, 6.45) is 7.04. The zero-order valence-corrected chi connectivity index (χ0v) is 22.7. The van der Waals surface area contributed by atoms with Crippen LogP contribution in [0, 0.1) is 38.5 Å². The topological polar surface area (TPSA) is 114 Å². The third-order valence-corrected chi connectivity index (χ3v) is 8.91. The molecule has 8 nitrogen and oxygen atoms in total. The average molecular weight is 530 g/mol. The summed E-state index contributed by atoms with van der Waals surface area (Å²) in [7, 11) is 0. The van der Waals surface area contributed by atoms with Crippen molar-refractivity contribution in [1.29, 1.82) is 0 Å². The van der Waals surface area contributed by atoms with E-state index in [1.54, 1.807) is 12.1 Å². The number of carboxylic acids is 1. The maximum atomic E-state index is 13.6. The van der Waals surface area contributed by atoms with E-state index >= 15 is 0 Å². The number of aryl methyl sites for hydroxylation is 3. The maximum Gasteiger partial charge on any atom is 0.335 e. The number of benzene rings is 2. The average Bonchev–Trinajstić information content (AvgIpc) is 3.17. The summed E-state index contributed by atoms with van der Waals surface area (Å²) in [5, 5.41) is 23.5. The molecule has 4 aliphatic rings. The van der Waals surface area contributed by atoms with Crippen LogP contribution in [0.25, 0.3) is 11.4 Å². The molecule has 1 amide bonds. The van der Waals surface area contributed by atoms with E-state index in [9.17, 15) is 19.9 Å². The van der Waals surface area contributed by atoms with Gasteiger partial charge in [0.15, 0.2) is 11.5 Å². The minimum Gasteiger partial charge on any atom is -0.478 e. The van der Waals surface area contributed by atoms with Gasteiger partial charge in [-0.05, 0) is 106 Å². The van der Waals surface area contributed by atoms with Crippen molar-refractivity contribution in [3.8, 4) is 11.4 Å². The lowest BCUT2D eigenvalue weighted by Gasteiger charge is -2.56. The zero-order chi connectivity index (χ0) is 27.5. The van der Waals surface area contributed by atoms with Crippen LogP contribution < -0.4 is 5.32 Å². The number of nitrogens with one attached hydrogen (secondary N) is 1. The molecule has 1 aromatic heterocycles. The predicted octanol–water partition coefficient (Wildman–Crippen LogP) is 6.15. The minimum absolute atomic E-state index is 0.00479. The van der Waals surface area contributed by atoms with Crippen molar-refractivity contribution < 1.29 is 24.6 Å². The Kier molecular flexibility index (Phi) is 6.25. The van der Waals surface area contributed by atoms with Gasteiger partial charge < -0.3 is 20.4 Å². The Morgan fingerprint density at radius 3 is 2.23 bits per heavy atom. The Labute approximate surface area is 228 Å². The number of anilines is 1. The molecule has 2 aromatic carbocycles. The van der Waals surface area contributed by atoms with Gasteiger partial charge in [0.1, 0.15) is 5.69 Å². The molecule has 8 heteroatoms. The van der Waals surface area contributed by atoms with Gasteiger partial charge in [-0.15, -0.1) is 0 Å². The Bertz CT molecular complexity index is 1410. The predicted molar refractivity (Wildman–Crippen MR) is 146 cm³/mol. The number of imidazole rings is 1. The van der Waals surface area contributed by atoms with Gasteiger partial charge in [-0.3, -0.25) is 4.79 Å². The molecule has 7 rings (SSSR count). The van der Waals surface area contributed by atoms with Crippen molar-refractivity contribution in [3.63, 3.8) is 0 Å². The van der Waals surface area contributed by atoms with Gasteiger partial charge in [-0.1, -0.05) is 23.8 Å². The van der Waals surface area contributed by atoms with Crippen molar-refractivity contribution >= 4 is 17.6 Å². The number of ether oxygens (including phenoxy) is 1. The Balaban J connectivity index is 1.36. The molecule has 204 valence electrons. The van der Waals surface area contributed by atoms with Gasteiger partial charge in [0.25, 0.3) is 5.91 Å². The maximum absolute atomic E-state index is 13.6. The quantitative estimate of drug-likeness (QED) is 0.317. The molecule has 4 saturated carbocycles. The number of nitrogens with zero attached hydrogens (tertiary/aromatic N) is 2. The second-order valence-electron chi connectivity index (χ2n) is 12.0. The van der Waals surface area contributed by atoms with Crippen LogP contribution in [-0.4, -0.2) is 37.5 Å². The van der Waals surface area contributed by atoms with E-state index in [2.05, 4.69) is 5.32 Å². The molecule has 1 heterocycles. The molecule has 0 spiro atoms. The highest BCUT2D eigenvalue weighted by Gasteiger charge is 2.51. The van der Waals surface area contributed by atoms with Crippen LogP contribution in [0.3, 0.4) is 0 Å². The molecule has 0 atom stereocenters. The van der Waals surface area contributed by atoms with Gasteiger partial charge in [-0.25, -0.2) is 9.78 Å². The Hall–Kier alpha value is -3.65. The van der Waals surface area contributed by atoms with Crippen molar-refractivity contribution in [2.24, 2.45) is 17.8 Å². The monoisotopic (exact) mass is 529 g/mol. The van der Waals surface area contributed by atoms with Crippen LogP contribution >= 0.6 is 0 Å². The third kappa shape index (κ3) is 4.71. The van der Waals surface area contributed by atoms with Crippen LogP contribution in [-0.2, 0) is 11.3 Å². The van der Waals surface area contributed by atoms with E-state index in [4.69, 9.17) is 9.72 Å². The lowest BCUT2D eigenvalue weighted by Crippen LogP contribution is -2.51. The Morgan fingerprint density at radius 2 is 1.64 bits per heavy atom.